The maximum Gasteiger partial charge on any atom is 0.124 e. The molecule has 0 radical (unpaired) electrons. The third-order valence-corrected chi connectivity index (χ3v) is 3.10. The van der Waals surface area contributed by atoms with Crippen LogP contribution in [0.2, 0.25) is 0 Å². The van der Waals surface area contributed by atoms with Crippen molar-refractivity contribution in [2.24, 2.45) is 0 Å². The van der Waals surface area contributed by atoms with E-state index in [1.54, 1.807) is 7.11 Å². The predicted molar refractivity (Wildman–Crippen MR) is 70.2 cm³/mol. The van der Waals surface area contributed by atoms with E-state index in [0.29, 0.717) is 0 Å². The number of nitrogens with one attached hydrogen (secondary N) is 1. The fourth-order valence-electron chi connectivity index (χ4n) is 2.10. The Morgan fingerprint density at radius 3 is 2.78 bits per heavy atom. The van der Waals surface area contributed by atoms with Crippen LogP contribution in [0.5, 0.6) is 11.5 Å². The molecule has 18 heavy (non-hydrogen) atoms. The van der Waals surface area contributed by atoms with Crippen LogP contribution in [0.25, 0.3) is 0 Å². The van der Waals surface area contributed by atoms with Gasteiger partial charge in [-0.15, -0.1) is 0 Å². The summed E-state index contributed by atoms with van der Waals surface area (Å²) in [5.41, 5.74) is 1.13. The van der Waals surface area contributed by atoms with E-state index >= 15 is 0 Å². The highest BCUT2D eigenvalue weighted by atomic mass is 16.5. The second kappa shape index (κ2) is 6.61. The molecule has 0 saturated carbocycles. The van der Waals surface area contributed by atoms with Gasteiger partial charge in [-0.25, -0.2) is 0 Å². The Labute approximate surface area is 108 Å². The van der Waals surface area contributed by atoms with Gasteiger partial charge < -0.3 is 19.5 Å². The lowest BCUT2D eigenvalue weighted by molar-refractivity contribution is 0.0251. The number of methoxy groups -OCH3 is 1. The number of hydrogen-bond acceptors (Lipinski definition) is 4. The van der Waals surface area contributed by atoms with E-state index in [4.69, 9.17) is 14.2 Å². The van der Waals surface area contributed by atoms with E-state index in [9.17, 15) is 0 Å². The molecule has 1 aliphatic rings. The Balaban J connectivity index is 2.09. The van der Waals surface area contributed by atoms with Gasteiger partial charge in [-0.1, -0.05) is 0 Å². The van der Waals surface area contributed by atoms with Crippen LogP contribution in [0.15, 0.2) is 18.2 Å². The fraction of sp³-hybridized carbons (Fsp3) is 0.571. The van der Waals surface area contributed by atoms with Gasteiger partial charge in [-0.05, 0) is 25.2 Å². The topological polar surface area (TPSA) is 39.7 Å². The van der Waals surface area contributed by atoms with Crippen LogP contribution >= 0.6 is 0 Å². The summed E-state index contributed by atoms with van der Waals surface area (Å²) in [5.74, 6) is 1.80. The first kappa shape index (κ1) is 13.2. The van der Waals surface area contributed by atoms with Gasteiger partial charge >= 0.3 is 0 Å². The number of benzene rings is 1. The van der Waals surface area contributed by atoms with Crippen molar-refractivity contribution >= 4 is 0 Å². The first-order chi connectivity index (χ1) is 8.83. The Morgan fingerprint density at radius 1 is 1.33 bits per heavy atom. The monoisotopic (exact) mass is 251 g/mol. The molecule has 0 bridgehead atoms. The zero-order valence-corrected chi connectivity index (χ0v) is 11.1. The van der Waals surface area contributed by atoms with Crippen molar-refractivity contribution in [3.05, 3.63) is 23.8 Å². The highest BCUT2D eigenvalue weighted by Crippen LogP contribution is 2.26. The molecule has 100 valence electrons. The molecule has 1 saturated heterocycles. The Kier molecular flexibility index (Phi) is 4.84. The molecule has 4 nitrogen and oxygen atoms in total. The summed E-state index contributed by atoms with van der Waals surface area (Å²) in [6, 6.07) is 5.94. The van der Waals surface area contributed by atoms with E-state index in [0.717, 1.165) is 49.7 Å². The van der Waals surface area contributed by atoms with E-state index < -0.39 is 0 Å². The van der Waals surface area contributed by atoms with Crippen LogP contribution in [-0.4, -0.2) is 33.5 Å². The predicted octanol–water partition coefficient (Wildman–Crippen LogP) is 1.97. The molecule has 0 aliphatic carbocycles. The van der Waals surface area contributed by atoms with E-state index in [1.807, 2.05) is 25.2 Å². The molecule has 0 amide bonds. The third-order valence-electron chi connectivity index (χ3n) is 3.10. The molecule has 1 aromatic rings. The minimum atomic E-state index is 0.266. The van der Waals surface area contributed by atoms with Crippen LogP contribution in [0.3, 0.4) is 0 Å². The van der Waals surface area contributed by atoms with Gasteiger partial charge in [0.25, 0.3) is 0 Å². The lowest BCUT2D eigenvalue weighted by atomic mass is 10.1. The van der Waals surface area contributed by atoms with Gasteiger partial charge in [0.15, 0.2) is 0 Å². The molecule has 1 heterocycles. The highest BCUT2D eigenvalue weighted by molar-refractivity contribution is 5.40. The van der Waals surface area contributed by atoms with Gasteiger partial charge in [-0.3, -0.25) is 0 Å². The van der Waals surface area contributed by atoms with Gasteiger partial charge in [0.1, 0.15) is 17.6 Å². The van der Waals surface area contributed by atoms with Crippen molar-refractivity contribution in [1.82, 2.24) is 5.32 Å². The average molecular weight is 251 g/mol. The molecule has 1 aliphatic heterocycles. The first-order valence-corrected chi connectivity index (χ1v) is 6.39. The lowest BCUT2D eigenvalue weighted by Gasteiger charge is -2.24. The molecular weight excluding hydrogens is 230 g/mol. The van der Waals surface area contributed by atoms with E-state index in [1.165, 1.54) is 0 Å². The Morgan fingerprint density at radius 2 is 2.11 bits per heavy atom. The number of ether oxygens (including phenoxy) is 3. The van der Waals surface area contributed by atoms with Crippen molar-refractivity contribution in [3.8, 4) is 11.5 Å². The van der Waals surface area contributed by atoms with Crippen molar-refractivity contribution in [3.63, 3.8) is 0 Å². The summed E-state index contributed by atoms with van der Waals surface area (Å²) in [6.45, 7) is 2.36. The summed E-state index contributed by atoms with van der Waals surface area (Å²) in [7, 11) is 3.61. The summed E-state index contributed by atoms with van der Waals surface area (Å²) < 4.78 is 16.6. The standard InChI is InChI=1S/C14H21NO3/c1-15-10-11-9-13(16-2)3-4-14(11)18-12-5-7-17-8-6-12/h3-4,9,12,15H,5-8,10H2,1-2H3. The molecule has 1 fully saturated rings. The summed E-state index contributed by atoms with van der Waals surface area (Å²) in [6.07, 6.45) is 2.19. The number of hydrogen-bond donors (Lipinski definition) is 1. The van der Waals surface area contributed by atoms with Crippen molar-refractivity contribution in [2.45, 2.75) is 25.5 Å². The third kappa shape index (κ3) is 3.37. The van der Waals surface area contributed by atoms with E-state index in [2.05, 4.69) is 5.32 Å². The van der Waals surface area contributed by atoms with Crippen LogP contribution in [0.4, 0.5) is 0 Å². The minimum absolute atomic E-state index is 0.266. The van der Waals surface area contributed by atoms with Crippen LogP contribution < -0.4 is 14.8 Å². The van der Waals surface area contributed by atoms with E-state index in [-0.39, 0.29) is 6.10 Å². The smallest absolute Gasteiger partial charge is 0.124 e. The normalized spacial score (nSPS) is 16.6. The molecule has 2 rings (SSSR count). The van der Waals surface area contributed by atoms with Crippen LogP contribution in [0, 0.1) is 0 Å². The molecular formula is C14H21NO3. The lowest BCUT2D eigenvalue weighted by Crippen LogP contribution is -2.26. The van der Waals surface area contributed by atoms with Crippen molar-refractivity contribution in [1.29, 1.82) is 0 Å². The SMILES string of the molecule is CNCc1cc(OC)ccc1OC1CCOCC1. The summed E-state index contributed by atoms with van der Waals surface area (Å²) in [5, 5.41) is 3.15. The maximum atomic E-state index is 6.06. The molecule has 0 spiro atoms. The van der Waals surface area contributed by atoms with Gasteiger partial charge in [-0.2, -0.15) is 0 Å². The molecule has 4 heteroatoms. The zero-order chi connectivity index (χ0) is 12.8. The first-order valence-electron chi connectivity index (χ1n) is 6.39. The van der Waals surface area contributed by atoms with Crippen molar-refractivity contribution < 1.29 is 14.2 Å². The second-order valence-electron chi connectivity index (χ2n) is 4.43. The van der Waals surface area contributed by atoms with Crippen LogP contribution in [-0.2, 0) is 11.3 Å². The molecule has 0 atom stereocenters. The van der Waals surface area contributed by atoms with Crippen molar-refractivity contribution in [2.75, 3.05) is 27.4 Å². The van der Waals surface area contributed by atoms with Gasteiger partial charge in [0, 0.05) is 24.9 Å². The average Bonchev–Trinajstić information content (AvgIpc) is 2.42. The fourth-order valence-corrected chi connectivity index (χ4v) is 2.10. The quantitative estimate of drug-likeness (QED) is 0.868. The molecule has 1 aromatic carbocycles. The Hall–Kier alpha value is -1.26. The summed E-state index contributed by atoms with van der Waals surface area (Å²) >= 11 is 0. The minimum Gasteiger partial charge on any atom is -0.497 e. The molecule has 1 N–H and O–H groups in total. The second-order valence-corrected chi connectivity index (χ2v) is 4.43. The molecule has 0 unspecified atom stereocenters. The Bertz CT molecular complexity index is 375. The number of rotatable bonds is 5. The molecule has 0 aromatic heterocycles. The van der Waals surface area contributed by atoms with Gasteiger partial charge in [0.2, 0.25) is 0 Å². The maximum absolute atomic E-state index is 6.06. The highest BCUT2D eigenvalue weighted by Gasteiger charge is 2.17. The largest absolute Gasteiger partial charge is 0.497 e. The zero-order valence-electron chi connectivity index (χ0n) is 11.1. The van der Waals surface area contributed by atoms with Gasteiger partial charge in [0.05, 0.1) is 20.3 Å². The summed E-state index contributed by atoms with van der Waals surface area (Å²) in [4.78, 5) is 0. The van der Waals surface area contributed by atoms with Crippen LogP contribution in [0.1, 0.15) is 18.4 Å².